The first-order valence-corrected chi connectivity index (χ1v) is 9.30. The molecule has 21 heavy (non-hydrogen) atoms. The Bertz CT molecular complexity index is 607. The van der Waals surface area contributed by atoms with E-state index in [2.05, 4.69) is 20.8 Å². The molecule has 1 fully saturated rings. The van der Waals surface area contributed by atoms with Gasteiger partial charge in [0, 0.05) is 6.04 Å². The zero-order valence-electron chi connectivity index (χ0n) is 12.8. The lowest BCUT2D eigenvalue weighted by Crippen LogP contribution is -2.47. The van der Waals surface area contributed by atoms with Crippen molar-refractivity contribution in [2.45, 2.75) is 56.2 Å². The van der Waals surface area contributed by atoms with Crippen LogP contribution in [0.15, 0.2) is 29.2 Å². The quantitative estimate of drug-likeness (QED) is 0.900. The third-order valence-electron chi connectivity index (χ3n) is 4.61. The highest BCUT2D eigenvalue weighted by Gasteiger charge is 2.41. The van der Waals surface area contributed by atoms with E-state index in [1.54, 1.807) is 24.3 Å². The third-order valence-corrected chi connectivity index (χ3v) is 7.36. The number of rotatable bonds is 2. The zero-order valence-corrected chi connectivity index (χ0v) is 14.4. The van der Waals surface area contributed by atoms with Gasteiger partial charge in [-0.05, 0) is 42.7 Å². The molecule has 1 aliphatic carbocycles. The molecule has 3 nitrogen and oxygen atoms in total. The molecule has 1 aliphatic rings. The number of nitrogens with two attached hydrogens (primary N) is 1. The molecule has 5 heteroatoms. The summed E-state index contributed by atoms with van der Waals surface area (Å²) in [6.45, 7) is 6.48. The minimum atomic E-state index is -3.49. The normalized spacial score (nSPS) is 27.6. The van der Waals surface area contributed by atoms with Gasteiger partial charge in [-0.2, -0.15) is 0 Å². The first-order chi connectivity index (χ1) is 9.64. The molecule has 0 amide bonds. The van der Waals surface area contributed by atoms with Crippen LogP contribution < -0.4 is 5.73 Å². The van der Waals surface area contributed by atoms with Gasteiger partial charge in [-0.1, -0.05) is 44.5 Å². The second kappa shape index (κ2) is 5.90. The van der Waals surface area contributed by atoms with E-state index in [1.165, 1.54) is 0 Å². The summed E-state index contributed by atoms with van der Waals surface area (Å²) in [7, 11) is -3.49. The Morgan fingerprint density at radius 2 is 1.81 bits per heavy atom. The van der Waals surface area contributed by atoms with E-state index in [1.807, 2.05) is 0 Å². The van der Waals surface area contributed by atoms with Crippen molar-refractivity contribution in [3.63, 3.8) is 0 Å². The average Bonchev–Trinajstić information content (AvgIpc) is 2.37. The molecule has 0 radical (unpaired) electrons. The Labute approximate surface area is 132 Å². The molecule has 0 saturated heterocycles. The van der Waals surface area contributed by atoms with Crippen molar-refractivity contribution in [2.75, 3.05) is 0 Å². The van der Waals surface area contributed by atoms with Crippen LogP contribution in [-0.2, 0) is 9.84 Å². The van der Waals surface area contributed by atoms with Crippen LogP contribution in [0.25, 0.3) is 0 Å². The van der Waals surface area contributed by atoms with Crippen LogP contribution >= 0.6 is 11.6 Å². The van der Waals surface area contributed by atoms with Gasteiger partial charge in [0.2, 0.25) is 0 Å². The smallest absolute Gasteiger partial charge is 0.184 e. The van der Waals surface area contributed by atoms with Crippen molar-refractivity contribution in [3.05, 3.63) is 29.3 Å². The fraction of sp³-hybridized carbons (Fsp3) is 0.625. The van der Waals surface area contributed by atoms with Crippen LogP contribution in [-0.4, -0.2) is 19.7 Å². The van der Waals surface area contributed by atoms with E-state index < -0.39 is 15.1 Å². The Hall–Kier alpha value is -0.580. The first kappa shape index (κ1) is 16.8. The summed E-state index contributed by atoms with van der Waals surface area (Å²) in [5, 5.41) is -0.266. The molecule has 3 atom stereocenters. The molecule has 0 spiro atoms. The topological polar surface area (TPSA) is 60.2 Å². The number of benzene rings is 1. The molecule has 1 aromatic carbocycles. The van der Waals surface area contributed by atoms with Gasteiger partial charge < -0.3 is 5.73 Å². The predicted molar refractivity (Wildman–Crippen MR) is 87.2 cm³/mol. The predicted octanol–water partition coefficient (Wildman–Crippen LogP) is 3.66. The monoisotopic (exact) mass is 329 g/mol. The molecule has 118 valence electrons. The van der Waals surface area contributed by atoms with Crippen molar-refractivity contribution in [1.29, 1.82) is 0 Å². The largest absolute Gasteiger partial charge is 0.327 e. The van der Waals surface area contributed by atoms with Gasteiger partial charge >= 0.3 is 0 Å². The van der Waals surface area contributed by atoms with E-state index in [0.717, 1.165) is 12.8 Å². The first-order valence-electron chi connectivity index (χ1n) is 7.38. The third kappa shape index (κ3) is 3.43. The van der Waals surface area contributed by atoms with E-state index >= 15 is 0 Å². The fourth-order valence-electron chi connectivity index (χ4n) is 3.13. The van der Waals surface area contributed by atoms with Crippen LogP contribution in [0.3, 0.4) is 0 Å². The van der Waals surface area contributed by atoms with Gasteiger partial charge in [0.1, 0.15) is 0 Å². The minimum absolute atomic E-state index is 0.0917. The van der Waals surface area contributed by atoms with Gasteiger partial charge in [-0.15, -0.1) is 0 Å². The molecule has 0 bridgehead atoms. The number of hydrogen-bond acceptors (Lipinski definition) is 3. The minimum Gasteiger partial charge on any atom is -0.327 e. The average molecular weight is 330 g/mol. The summed E-state index contributed by atoms with van der Waals surface area (Å²) in [6, 6.07) is 6.31. The van der Waals surface area contributed by atoms with Gasteiger partial charge in [-0.25, -0.2) is 8.42 Å². The summed E-state index contributed by atoms with van der Waals surface area (Å²) < 4.78 is 25.9. The molecule has 2 N–H and O–H groups in total. The molecule has 3 unspecified atom stereocenters. The lowest BCUT2D eigenvalue weighted by atomic mass is 9.71. The molecular formula is C16H24ClNO2S. The molecular weight excluding hydrogens is 306 g/mol. The Balaban J connectivity index is 2.36. The van der Waals surface area contributed by atoms with Crippen LogP contribution in [0.5, 0.6) is 0 Å². The fourth-order valence-corrected chi connectivity index (χ4v) is 5.61. The van der Waals surface area contributed by atoms with E-state index in [9.17, 15) is 8.42 Å². The van der Waals surface area contributed by atoms with Crippen molar-refractivity contribution in [2.24, 2.45) is 17.1 Å². The molecule has 1 saturated carbocycles. The maximum atomic E-state index is 12.9. The summed E-state index contributed by atoms with van der Waals surface area (Å²) in [5.74, 6) is 0.361. The molecule has 0 heterocycles. The van der Waals surface area contributed by atoms with Gasteiger partial charge in [0.15, 0.2) is 9.84 Å². The summed E-state index contributed by atoms with van der Waals surface area (Å²) >= 11 is 6.08. The van der Waals surface area contributed by atoms with Crippen molar-refractivity contribution < 1.29 is 8.42 Å². The summed E-state index contributed by atoms with van der Waals surface area (Å²) in [5.41, 5.74) is 6.23. The van der Waals surface area contributed by atoms with Gasteiger partial charge in [-0.3, -0.25) is 0 Å². The van der Waals surface area contributed by atoms with Crippen molar-refractivity contribution in [1.82, 2.24) is 0 Å². The Kier molecular flexibility index (Phi) is 4.72. The lowest BCUT2D eigenvalue weighted by Gasteiger charge is -2.40. The van der Waals surface area contributed by atoms with Gasteiger partial charge in [0.25, 0.3) is 0 Å². The molecule has 0 aromatic heterocycles. The number of sulfone groups is 1. The SMILES string of the molecule is CC(C)(C)C1CCC(N)C(S(=O)(=O)c2ccccc2Cl)C1. The van der Waals surface area contributed by atoms with Crippen LogP contribution in [0.1, 0.15) is 40.0 Å². The highest BCUT2D eigenvalue weighted by molar-refractivity contribution is 7.92. The van der Waals surface area contributed by atoms with Crippen molar-refractivity contribution >= 4 is 21.4 Å². The highest BCUT2D eigenvalue weighted by atomic mass is 35.5. The molecule has 1 aromatic rings. The van der Waals surface area contributed by atoms with Crippen LogP contribution in [0.2, 0.25) is 5.02 Å². The summed E-state index contributed by atoms with van der Waals surface area (Å²) in [6.07, 6.45) is 2.34. The maximum absolute atomic E-state index is 12.9. The van der Waals surface area contributed by atoms with Crippen LogP contribution in [0, 0.1) is 11.3 Å². The second-order valence-corrected chi connectivity index (χ2v) is 9.60. The van der Waals surface area contributed by atoms with Crippen molar-refractivity contribution in [3.8, 4) is 0 Å². The van der Waals surface area contributed by atoms with E-state index in [0.29, 0.717) is 12.3 Å². The number of hydrogen-bond donors (Lipinski definition) is 1. The standard InChI is InChI=1S/C16H24ClNO2S/c1-16(2,3)11-8-9-13(18)15(10-11)21(19,20)14-7-5-4-6-12(14)17/h4-7,11,13,15H,8-10,18H2,1-3H3. The molecule has 2 rings (SSSR count). The zero-order chi connectivity index (χ0) is 15.8. The second-order valence-electron chi connectivity index (χ2n) is 7.05. The summed E-state index contributed by atoms with van der Waals surface area (Å²) in [4.78, 5) is 0.210. The highest BCUT2D eigenvalue weighted by Crippen LogP contribution is 2.41. The van der Waals surface area contributed by atoms with E-state index in [4.69, 9.17) is 17.3 Å². The van der Waals surface area contributed by atoms with Gasteiger partial charge in [0.05, 0.1) is 15.2 Å². The Morgan fingerprint density at radius 1 is 1.19 bits per heavy atom. The van der Waals surface area contributed by atoms with E-state index in [-0.39, 0.29) is 21.4 Å². The molecule has 0 aliphatic heterocycles. The Morgan fingerprint density at radius 3 is 2.38 bits per heavy atom. The lowest BCUT2D eigenvalue weighted by molar-refractivity contribution is 0.171. The van der Waals surface area contributed by atoms with Crippen LogP contribution in [0.4, 0.5) is 0 Å². The number of halogens is 1. The maximum Gasteiger partial charge on any atom is 0.184 e.